The van der Waals surface area contributed by atoms with E-state index in [2.05, 4.69) is 15.4 Å². The molecule has 0 spiro atoms. The average molecular weight is 496 g/mol. The summed E-state index contributed by atoms with van der Waals surface area (Å²) >= 11 is 0. The maximum Gasteiger partial charge on any atom is 0.247 e. The van der Waals surface area contributed by atoms with Crippen molar-refractivity contribution in [1.82, 2.24) is 4.72 Å². The van der Waals surface area contributed by atoms with Crippen molar-refractivity contribution in [3.63, 3.8) is 0 Å². The van der Waals surface area contributed by atoms with Crippen LogP contribution in [0.2, 0.25) is 0 Å². The van der Waals surface area contributed by atoms with E-state index in [-0.39, 0.29) is 17.2 Å². The Balaban J connectivity index is 1.64. The first kappa shape index (κ1) is 24.2. The summed E-state index contributed by atoms with van der Waals surface area (Å²) < 4.78 is 39.7. The van der Waals surface area contributed by atoms with Gasteiger partial charge in [0.15, 0.2) is 0 Å². The van der Waals surface area contributed by atoms with E-state index in [4.69, 9.17) is 9.47 Å². The summed E-state index contributed by atoms with van der Waals surface area (Å²) in [5, 5.41) is 5.48. The van der Waals surface area contributed by atoms with E-state index in [9.17, 15) is 18.0 Å². The molecule has 0 radical (unpaired) electrons. The van der Waals surface area contributed by atoms with Gasteiger partial charge in [-0.15, -0.1) is 0 Å². The molecule has 3 N–H and O–H groups in total. The third-order valence-corrected chi connectivity index (χ3v) is 7.04. The minimum Gasteiger partial charge on any atom is -0.497 e. The maximum absolute atomic E-state index is 13.3. The van der Waals surface area contributed by atoms with Gasteiger partial charge in [-0.05, 0) is 47.9 Å². The van der Waals surface area contributed by atoms with E-state index in [0.29, 0.717) is 34.9 Å². The number of amides is 2. The Kier molecular flexibility index (Phi) is 7.04. The quantitative estimate of drug-likeness (QED) is 0.441. The lowest BCUT2D eigenvalue weighted by Gasteiger charge is -2.21. The Morgan fingerprint density at radius 1 is 0.971 bits per heavy atom. The molecule has 0 unspecified atom stereocenters. The van der Waals surface area contributed by atoms with Crippen molar-refractivity contribution in [3.05, 3.63) is 77.9 Å². The number of hydrogen-bond acceptors (Lipinski definition) is 6. The molecule has 182 valence electrons. The van der Waals surface area contributed by atoms with Crippen molar-refractivity contribution in [1.29, 1.82) is 0 Å². The lowest BCUT2D eigenvalue weighted by molar-refractivity contribution is -0.118. The number of hydrogen-bond donors (Lipinski definition) is 3. The van der Waals surface area contributed by atoms with Crippen molar-refractivity contribution in [2.45, 2.75) is 23.8 Å². The predicted octanol–water partition coefficient (Wildman–Crippen LogP) is 3.25. The van der Waals surface area contributed by atoms with Gasteiger partial charge in [0.05, 0.1) is 24.8 Å². The minimum atomic E-state index is -4.09. The molecule has 0 fully saturated rings. The highest BCUT2D eigenvalue weighted by Crippen LogP contribution is 2.31. The second-order valence-electron chi connectivity index (χ2n) is 7.89. The van der Waals surface area contributed by atoms with Crippen LogP contribution in [0.1, 0.15) is 23.6 Å². The fraction of sp³-hybridized carbons (Fsp3) is 0.200. The van der Waals surface area contributed by atoms with Crippen LogP contribution in [0.15, 0.2) is 71.6 Å². The highest BCUT2D eigenvalue weighted by Gasteiger charge is 2.29. The molecule has 1 atom stereocenters. The SMILES string of the molecule is COc1ccc(NC(=O)[C@H](NS(=O)(=O)c2ccc3c(c2)CCC(=O)N3)c2ccccc2)c(OC)c1. The predicted molar refractivity (Wildman–Crippen MR) is 131 cm³/mol. The Hall–Kier alpha value is -3.89. The lowest BCUT2D eigenvalue weighted by atomic mass is 10.0. The summed E-state index contributed by atoms with van der Waals surface area (Å²) in [5.74, 6) is 0.210. The number of nitrogens with one attached hydrogen (secondary N) is 3. The summed E-state index contributed by atoms with van der Waals surface area (Å²) in [5.41, 5.74) is 2.13. The van der Waals surface area contributed by atoms with Crippen LogP contribution in [0.5, 0.6) is 11.5 Å². The summed E-state index contributed by atoms with van der Waals surface area (Å²) in [6.07, 6.45) is 0.715. The third kappa shape index (κ3) is 5.44. The van der Waals surface area contributed by atoms with Crippen LogP contribution in [0, 0.1) is 0 Å². The first-order valence-electron chi connectivity index (χ1n) is 10.8. The second-order valence-corrected chi connectivity index (χ2v) is 9.60. The topological polar surface area (TPSA) is 123 Å². The molecule has 1 aliphatic heterocycles. The average Bonchev–Trinajstić information content (AvgIpc) is 2.87. The van der Waals surface area contributed by atoms with Gasteiger partial charge in [0.1, 0.15) is 17.5 Å². The molecule has 3 aromatic rings. The second kappa shape index (κ2) is 10.2. The smallest absolute Gasteiger partial charge is 0.247 e. The van der Waals surface area contributed by atoms with Crippen LogP contribution in [-0.2, 0) is 26.0 Å². The Morgan fingerprint density at radius 3 is 2.46 bits per heavy atom. The highest BCUT2D eigenvalue weighted by molar-refractivity contribution is 7.89. The largest absolute Gasteiger partial charge is 0.497 e. The monoisotopic (exact) mass is 495 g/mol. The van der Waals surface area contributed by atoms with Crippen LogP contribution in [-0.4, -0.2) is 34.5 Å². The molecule has 9 nitrogen and oxygen atoms in total. The fourth-order valence-electron chi connectivity index (χ4n) is 3.78. The first-order valence-corrected chi connectivity index (χ1v) is 12.3. The van der Waals surface area contributed by atoms with Gasteiger partial charge in [0.25, 0.3) is 0 Å². The number of sulfonamides is 1. The number of aryl methyl sites for hydroxylation is 1. The zero-order valence-corrected chi connectivity index (χ0v) is 20.0. The number of ether oxygens (including phenoxy) is 2. The first-order chi connectivity index (χ1) is 16.8. The van der Waals surface area contributed by atoms with Crippen LogP contribution < -0.4 is 24.8 Å². The normalized spacial score (nSPS) is 13.8. The summed E-state index contributed by atoms with van der Waals surface area (Å²) in [4.78, 5) is 25.0. The number of methoxy groups -OCH3 is 2. The number of anilines is 2. The van der Waals surface area contributed by atoms with Gasteiger partial charge in [-0.1, -0.05) is 30.3 Å². The molecule has 0 aliphatic carbocycles. The van der Waals surface area contributed by atoms with Gasteiger partial charge < -0.3 is 20.1 Å². The molecule has 1 aliphatic rings. The Morgan fingerprint density at radius 2 is 1.74 bits per heavy atom. The standard InChI is InChI=1S/C25H25N3O6S/c1-33-18-9-11-21(22(15-18)34-2)27-25(30)24(16-6-4-3-5-7-16)28-35(31,32)19-10-12-20-17(14-19)8-13-23(29)26-20/h3-7,9-12,14-15,24,28H,8,13H2,1-2H3,(H,26,29)(H,27,30)/t24-/m1/s1. The van der Waals surface area contributed by atoms with Crippen molar-refractivity contribution in [2.24, 2.45) is 0 Å². The molecular formula is C25H25N3O6S. The van der Waals surface area contributed by atoms with Crippen molar-refractivity contribution in [3.8, 4) is 11.5 Å². The molecule has 0 saturated heterocycles. The van der Waals surface area contributed by atoms with E-state index >= 15 is 0 Å². The zero-order valence-electron chi connectivity index (χ0n) is 19.2. The molecule has 4 rings (SSSR count). The molecule has 0 bridgehead atoms. The summed E-state index contributed by atoms with van der Waals surface area (Å²) in [6.45, 7) is 0. The van der Waals surface area contributed by atoms with Crippen molar-refractivity contribution in [2.75, 3.05) is 24.9 Å². The molecule has 35 heavy (non-hydrogen) atoms. The fourth-order valence-corrected chi connectivity index (χ4v) is 5.01. The molecular weight excluding hydrogens is 470 g/mol. The number of fused-ring (bicyclic) bond motifs is 1. The number of carbonyl (C=O) groups is 2. The van der Waals surface area contributed by atoms with Gasteiger partial charge >= 0.3 is 0 Å². The molecule has 2 amide bonds. The van der Waals surface area contributed by atoms with Crippen LogP contribution in [0.4, 0.5) is 11.4 Å². The van der Waals surface area contributed by atoms with Gasteiger partial charge in [0.2, 0.25) is 21.8 Å². The van der Waals surface area contributed by atoms with Crippen LogP contribution >= 0.6 is 0 Å². The van der Waals surface area contributed by atoms with Crippen molar-refractivity contribution < 1.29 is 27.5 Å². The van der Waals surface area contributed by atoms with Gasteiger partial charge in [-0.3, -0.25) is 9.59 Å². The summed E-state index contributed by atoms with van der Waals surface area (Å²) in [6, 6.07) is 16.7. The maximum atomic E-state index is 13.3. The van der Waals surface area contributed by atoms with Gasteiger partial charge in [-0.25, -0.2) is 8.42 Å². The van der Waals surface area contributed by atoms with E-state index in [1.54, 1.807) is 54.6 Å². The lowest BCUT2D eigenvalue weighted by Crippen LogP contribution is -2.37. The highest BCUT2D eigenvalue weighted by atomic mass is 32.2. The molecule has 0 aromatic heterocycles. The van der Waals surface area contributed by atoms with Gasteiger partial charge in [0, 0.05) is 18.2 Å². The van der Waals surface area contributed by atoms with Gasteiger partial charge in [-0.2, -0.15) is 4.72 Å². The molecule has 0 saturated carbocycles. The van der Waals surface area contributed by atoms with Crippen LogP contribution in [0.25, 0.3) is 0 Å². The van der Waals surface area contributed by atoms with E-state index in [1.807, 2.05) is 0 Å². The Labute approximate surface area is 203 Å². The third-order valence-electron chi connectivity index (χ3n) is 5.62. The van der Waals surface area contributed by atoms with E-state index in [1.165, 1.54) is 26.4 Å². The van der Waals surface area contributed by atoms with Crippen LogP contribution in [0.3, 0.4) is 0 Å². The number of rotatable bonds is 8. The Bertz CT molecular complexity index is 1360. The zero-order chi connectivity index (χ0) is 25.0. The molecule has 1 heterocycles. The van der Waals surface area contributed by atoms with E-state index in [0.717, 1.165) is 5.56 Å². The summed E-state index contributed by atoms with van der Waals surface area (Å²) in [7, 11) is -1.12. The van der Waals surface area contributed by atoms with Crippen molar-refractivity contribution >= 4 is 33.2 Å². The number of benzene rings is 3. The molecule has 10 heteroatoms. The van der Waals surface area contributed by atoms with E-state index < -0.39 is 22.0 Å². The molecule has 3 aromatic carbocycles. The number of carbonyl (C=O) groups excluding carboxylic acids is 2. The minimum absolute atomic E-state index is 0.00292.